The van der Waals surface area contributed by atoms with Gasteiger partial charge in [-0.15, -0.1) is 0 Å². The maximum Gasteiger partial charge on any atom is 0.328 e. The van der Waals surface area contributed by atoms with E-state index in [9.17, 15) is 4.79 Å². The number of piperidine rings is 1. The van der Waals surface area contributed by atoms with Crippen LogP contribution in [0.25, 0.3) is 0 Å². The average Bonchev–Trinajstić information content (AvgIpc) is 2.46. The molecule has 4 heteroatoms. The molecule has 0 amide bonds. The molecule has 0 N–H and O–H groups in total. The van der Waals surface area contributed by atoms with Gasteiger partial charge in [0.15, 0.2) is 0 Å². The monoisotopic (exact) mass is 249 g/mol. The number of ether oxygens (including phenoxy) is 2. The summed E-state index contributed by atoms with van der Waals surface area (Å²) in [4.78, 5) is 13.9. The quantitative estimate of drug-likeness (QED) is 0.770. The predicted molar refractivity (Wildman–Crippen MR) is 70.0 cm³/mol. The van der Waals surface area contributed by atoms with E-state index in [1.807, 2.05) is 24.3 Å². The Morgan fingerprint density at radius 3 is 2.78 bits per heavy atom. The third-order valence-corrected chi connectivity index (χ3v) is 3.37. The van der Waals surface area contributed by atoms with Gasteiger partial charge in [0.1, 0.15) is 11.8 Å². The van der Waals surface area contributed by atoms with Crippen LogP contribution in [0.5, 0.6) is 5.75 Å². The third-order valence-electron chi connectivity index (χ3n) is 3.37. The van der Waals surface area contributed by atoms with Crippen LogP contribution in [0.15, 0.2) is 24.3 Å². The van der Waals surface area contributed by atoms with Crippen molar-refractivity contribution in [3.05, 3.63) is 24.3 Å². The highest BCUT2D eigenvalue weighted by atomic mass is 16.5. The van der Waals surface area contributed by atoms with Gasteiger partial charge >= 0.3 is 5.97 Å². The molecule has 1 unspecified atom stereocenters. The summed E-state index contributed by atoms with van der Waals surface area (Å²) in [5, 5.41) is 0. The summed E-state index contributed by atoms with van der Waals surface area (Å²) in [6, 6.07) is 7.60. The molecule has 1 aromatic rings. The van der Waals surface area contributed by atoms with Gasteiger partial charge in [0.05, 0.1) is 19.9 Å². The molecule has 1 aliphatic rings. The molecule has 0 radical (unpaired) electrons. The van der Waals surface area contributed by atoms with Crippen LogP contribution in [0.3, 0.4) is 0 Å². The molecule has 1 saturated heterocycles. The number of carbonyl (C=O) groups excluding carboxylic acids is 1. The fourth-order valence-electron chi connectivity index (χ4n) is 2.47. The van der Waals surface area contributed by atoms with E-state index in [2.05, 4.69) is 4.90 Å². The molecule has 1 aromatic carbocycles. The summed E-state index contributed by atoms with van der Waals surface area (Å²) in [6.07, 6.45) is 2.99. The van der Waals surface area contributed by atoms with E-state index in [0.29, 0.717) is 0 Å². The first-order valence-corrected chi connectivity index (χ1v) is 6.25. The summed E-state index contributed by atoms with van der Waals surface area (Å²) >= 11 is 0. The third kappa shape index (κ3) is 2.42. The van der Waals surface area contributed by atoms with Crippen molar-refractivity contribution in [3.63, 3.8) is 0 Å². The van der Waals surface area contributed by atoms with Crippen LogP contribution >= 0.6 is 0 Å². The summed E-state index contributed by atoms with van der Waals surface area (Å²) in [7, 11) is 3.09. The number of esters is 1. The Kier molecular flexibility index (Phi) is 4.07. The summed E-state index contributed by atoms with van der Waals surface area (Å²) in [5.74, 6) is 0.633. The number of benzene rings is 1. The molecular formula is C14H19NO3. The first-order chi connectivity index (χ1) is 8.77. The molecule has 1 fully saturated rings. The Hall–Kier alpha value is -1.71. The minimum Gasteiger partial charge on any atom is -0.495 e. The zero-order valence-corrected chi connectivity index (χ0v) is 10.9. The molecule has 4 nitrogen and oxygen atoms in total. The maximum atomic E-state index is 11.8. The van der Waals surface area contributed by atoms with E-state index in [1.165, 1.54) is 7.11 Å². The minimum atomic E-state index is -0.194. The van der Waals surface area contributed by atoms with E-state index in [-0.39, 0.29) is 12.0 Å². The van der Waals surface area contributed by atoms with Gasteiger partial charge < -0.3 is 14.4 Å². The molecule has 0 bridgehead atoms. The Morgan fingerprint density at radius 2 is 2.06 bits per heavy atom. The van der Waals surface area contributed by atoms with Crippen molar-refractivity contribution < 1.29 is 14.3 Å². The van der Waals surface area contributed by atoms with Gasteiger partial charge in [0.2, 0.25) is 0 Å². The zero-order valence-electron chi connectivity index (χ0n) is 10.9. The Bertz CT molecular complexity index is 419. The van der Waals surface area contributed by atoms with Crippen molar-refractivity contribution in [2.75, 3.05) is 25.7 Å². The van der Waals surface area contributed by atoms with E-state index in [4.69, 9.17) is 9.47 Å². The fraction of sp³-hybridized carbons (Fsp3) is 0.500. The average molecular weight is 249 g/mol. The summed E-state index contributed by atoms with van der Waals surface area (Å²) in [6.45, 7) is 0.861. The second-order valence-corrected chi connectivity index (χ2v) is 4.40. The first kappa shape index (κ1) is 12.7. The largest absolute Gasteiger partial charge is 0.495 e. The molecule has 1 heterocycles. The van der Waals surface area contributed by atoms with Crippen LogP contribution in [-0.4, -0.2) is 32.8 Å². The number of hydrogen-bond acceptors (Lipinski definition) is 4. The standard InChI is InChI=1S/C14H19NO3/c1-17-13-9-4-3-7-11(13)15-10-6-5-8-12(15)14(16)18-2/h3-4,7,9,12H,5-6,8,10H2,1-2H3. The highest BCUT2D eigenvalue weighted by Crippen LogP contribution is 2.32. The first-order valence-electron chi connectivity index (χ1n) is 6.25. The molecule has 0 aromatic heterocycles. The predicted octanol–water partition coefficient (Wildman–Crippen LogP) is 2.23. The molecule has 1 aliphatic heterocycles. The number of rotatable bonds is 3. The van der Waals surface area contributed by atoms with Gasteiger partial charge in [-0.2, -0.15) is 0 Å². The second kappa shape index (κ2) is 5.76. The number of anilines is 1. The van der Waals surface area contributed by atoms with Crippen molar-refractivity contribution in [1.29, 1.82) is 0 Å². The lowest BCUT2D eigenvalue weighted by molar-refractivity contribution is -0.142. The molecule has 0 spiro atoms. The number of para-hydroxylation sites is 2. The van der Waals surface area contributed by atoms with Gasteiger partial charge in [-0.25, -0.2) is 4.79 Å². The SMILES string of the molecule is COC(=O)C1CCCCN1c1ccccc1OC. The maximum absolute atomic E-state index is 11.8. The molecule has 0 aliphatic carbocycles. The number of carbonyl (C=O) groups is 1. The van der Waals surface area contributed by atoms with Gasteiger partial charge in [-0.3, -0.25) is 0 Å². The van der Waals surface area contributed by atoms with Crippen LogP contribution in [-0.2, 0) is 9.53 Å². The van der Waals surface area contributed by atoms with Crippen molar-refractivity contribution in [1.82, 2.24) is 0 Å². The Balaban J connectivity index is 2.30. The molecule has 0 saturated carbocycles. The smallest absolute Gasteiger partial charge is 0.328 e. The lowest BCUT2D eigenvalue weighted by atomic mass is 10.0. The van der Waals surface area contributed by atoms with Crippen molar-refractivity contribution in [3.8, 4) is 5.75 Å². The van der Waals surface area contributed by atoms with Crippen molar-refractivity contribution in [2.45, 2.75) is 25.3 Å². The topological polar surface area (TPSA) is 38.8 Å². The van der Waals surface area contributed by atoms with E-state index in [0.717, 1.165) is 37.2 Å². The number of methoxy groups -OCH3 is 2. The number of hydrogen-bond donors (Lipinski definition) is 0. The minimum absolute atomic E-state index is 0.166. The molecule has 2 rings (SSSR count). The van der Waals surface area contributed by atoms with E-state index in [1.54, 1.807) is 7.11 Å². The lowest BCUT2D eigenvalue weighted by Gasteiger charge is -2.36. The van der Waals surface area contributed by atoms with Gasteiger partial charge in [0.25, 0.3) is 0 Å². The highest BCUT2D eigenvalue weighted by Gasteiger charge is 2.30. The van der Waals surface area contributed by atoms with Crippen molar-refractivity contribution >= 4 is 11.7 Å². The van der Waals surface area contributed by atoms with Crippen LogP contribution in [0.4, 0.5) is 5.69 Å². The Labute approximate surface area is 107 Å². The molecule has 18 heavy (non-hydrogen) atoms. The van der Waals surface area contributed by atoms with Crippen molar-refractivity contribution in [2.24, 2.45) is 0 Å². The number of nitrogens with zero attached hydrogens (tertiary/aromatic N) is 1. The summed E-state index contributed by atoms with van der Waals surface area (Å²) < 4.78 is 10.3. The van der Waals surface area contributed by atoms with Gasteiger partial charge in [-0.05, 0) is 31.4 Å². The Morgan fingerprint density at radius 1 is 1.28 bits per heavy atom. The zero-order chi connectivity index (χ0) is 13.0. The molecular weight excluding hydrogens is 230 g/mol. The van der Waals surface area contributed by atoms with Crippen LogP contribution in [0.2, 0.25) is 0 Å². The second-order valence-electron chi connectivity index (χ2n) is 4.40. The van der Waals surface area contributed by atoms with Gasteiger partial charge in [-0.1, -0.05) is 12.1 Å². The van der Waals surface area contributed by atoms with E-state index < -0.39 is 0 Å². The highest BCUT2D eigenvalue weighted by molar-refractivity contribution is 5.81. The molecule has 98 valence electrons. The fourth-order valence-corrected chi connectivity index (χ4v) is 2.47. The van der Waals surface area contributed by atoms with Crippen LogP contribution in [0.1, 0.15) is 19.3 Å². The van der Waals surface area contributed by atoms with Crippen LogP contribution in [0, 0.1) is 0 Å². The van der Waals surface area contributed by atoms with Gasteiger partial charge in [0, 0.05) is 6.54 Å². The van der Waals surface area contributed by atoms with Crippen LogP contribution < -0.4 is 9.64 Å². The summed E-state index contributed by atoms with van der Waals surface area (Å²) in [5.41, 5.74) is 0.968. The molecule has 1 atom stereocenters. The normalized spacial score (nSPS) is 19.4. The van der Waals surface area contributed by atoms with E-state index >= 15 is 0 Å². The lowest BCUT2D eigenvalue weighted by Crippen LogP contribution is -2.45.